The summed E-state index contributed by atoms with van der Waals surface area (Å²) in [5, 5.41) is 3.36. The second kappa shape index (κ2) is 6.07. The van der Waals surface area contributed by atoms with Crippen molar-refractivity contribution in [3.63, 3.8) is 0 Å². The SMILES string of the molecule is c1cc(CN2CCOCC2)cc(-c2ccnc3c2CCN3)c1. The van der Waals surface area contributed by atoms with E-state index in [-0.39, 0.29) is 0 Å². The van der Waals surface area contributed by atoms with Gasteiger partial charge in [-0.1, -0.05) is 18.2 Å². The monoisotopic (exact) mass is 295 g/mol. The van der Waals surface area contributed by atoms with Gasteiger partial charge >= 0.3 is 0 Å². The van der Waals surface area contributed by atoms with E-state index >= 15 is 0 Å². The van der Waals surface area contributed by atoms with Gasteiger partial charge in [-0.25, -0.2) is 4.98 Å². The average molecular weight is 295 g/mol. The van der Waals surface area contributed by atoms with E-state index in [0.717, 1.165) is 51.6 Å². The number of fused-ring (bicyclic) bond motifs is 1. The second-order valence-electron chi connectivity index (χ2n) is 5.95. The molecule has 2 aliphatic rings. The quantitative estimate of drug-likeness (QED) is 0.944. The lowest BCUT2D eigenvalue weighted by Gasteiger charge is -2.26. The predicted molar refractivity (Wildman–Crippen MR) is 88.0 cm³/mol. The predicted octanol–water partition coefficient (Wildman–Crippen LogP) is 2.55. The highest BCUT2D eigenvalue weighted by Gasteiger charge is 2.17. The number of nitrogens with one attached hydrogen (secondary N) is 1. The summed E-state index contributed by atoms with van der Waals surface area (Å²) in [4.78, 5) is 6.89. The van der Waals surface area contributed by atoms with Crippen LogP contribution in [0.4, 0.5) is 5.82 Å². The Morgan fingerprint density at radius 3 is 3.00 bits per heavy atom. The van der Waals surface area contributed by atoms with E-state index in [2.05, 4.69) is 45.5 Å². The number of hydrogen-bond acceptors (Lipinski definition) is 4. The van der Waals surface area contributed by atoms with Gasteiger partial charge < -0.3 is 10.1 Å². The zero-order valence-corrected chi connectivity index (χ0v) is 12.7. The van der Waals surface area contributed by atoms with Gasteiger partial charge in [-0.3, -0.25) is 4.90 Å². The molecule has 0 saturated carbocycles. The number of rotatable bonds is 3. The molecule has 1 aromatic heterocycles. The van der Waals surface area contributed by atoms with Gasteiger partial charge in [0.05, 0.1) is 13.2 Å². The number of nitrogens with zero attached hydrogens (tertiary/aromatic N) is 2. The van der Waals surface area contributed by atoms with E-state index in [1.807, 2.05) is 6.20 Å². The summed E-state index contributed by atoms with van der Waals surface area (Å²) >= 11 is 0. The third-order valence-corrected chi connectivity index (χ3v) is 4.47. The maximum atomic E-state index is 5.43. The summed E-state index contributed by atoms with van der Waals surface area (Å²) in [5.41, 5.74) is 5.34. The summed E-state index contributed by atoms with van der Waals surface area (Å²) in [7, 11) is 0. The van der Waals surface area contributed by atoms with Crippen LogP contribution in [0, 0.1) is 0 Å². The fourth-order valence-corrected chi connectivity index (χ4v) is 3.33. The van der Waals surface area contributed by atoms with Crippen LogP contribution in [0.5, 0.6) is 0 Å². The van der Waals surface area contributed by atoms with Crippen molar-refractivity contribution < 1.29 is 4.74 Å². The lowest BCUT2D eigenvalue weighted by molar-refractivity contribution is 0.0342. The normalized spacial score (nSPS) is 18.0. The van der Waals surface area contributed by atoms with Gasteiger partial charge in [0.25, 0.3) is 0 Å². The Bertz CT molecular complexity index is 665. The minimum Gasteiger partial charge on any atom is -0.379 e. The van der Waals surface area contributed by atoms with Crippen LogP contribution >= 0.6 is 0 Å². The highest BCUT2D eigenvalue weighted by Crippen LogP contribution is 2.31. The number of ether oxygens (including phenoxy) is 1. The van der Waals surface area contributed by atoms with Crippen LogP contribution in [-0.4, -0.2) is 42.7 Å². The Labute approximate surface area is 131 Å². The Kier molecular flexibility index (Phi) is 3.79. The minimum absolute atomic E-state index is 0.850. The summed E-state index contributed by atoms with van der Waals surface area (Å²) in [6.07, 6.45) is 2.97. The molecule has 2 aliphatic heterocycles. The summed E-state index contributed by atoms with van der Waals surface area (Å²) < 4.78 is 5.43. The number of hydrogen-bond donors (Lipinski definition) is 1. The topological polar surface area (TPSA) is 37.4 Å². The van der Waals surface area contributed by atoms with Gasteiger partial charge in [-0.15, -0.1) is 0 Å². The summed E-state index contributed by atoms with van der Waals surface area (Å²) in [6, 6.07) is 11.1. The molecule has 1 aromatic carbocycles. The molecule has 2 aromatic rings. The smallest absolute Gasteiger partial charge is 0.129 e. The molecule has 0 bridgehead atoms. The molecule has 0 unspecified atom stereocenters. The van der Waals surface area contributed by atoms with Crippen LogP contribution < -0.4 is 5.32 Å². The first kappa shape index (κ1) is 13.7. The van der Waals surface area contributed by atoms with Crippen molar-refractivity contribution in [1.82, 2.24) is 9.88 Å². The Hall–Kier alpha value is -1.91. The molecule has 4 nitrogen and oxygen atoms in total. The van der Waals surface area contributed by atoms with E-state index in [9.17, 15) is 0 Å². The third-order valence-electron chi connectivity index (χ3n) is 4.47. The van der Waals surface area contributed by atoms with E-state index in [1.165, 1.54) is 22.3 Å². The second-order valence-corrected chi connectivity index (χ2v) is 5.95. The highest BCUT2D eigenvalue weighted by atomic mass is 16.5. The molecule has 4 rings (SSSR count). The largest absolute Gasteiger partial charge is 0.379 e. The lowest BCUT2D eigenvalue weighted by atomic mass is 9.98. The van der Waals surface area contributed by atoms with Gasteiger partial charge in [0.15, 0.2) is 0 Å². The molecule has 0 radical (unpaired) electrons. The number of morpholine rings is 1. The van der Waals surface area contributed by atoms with Crippen molar-refractivity contribution in [1.29, 1.82) is 0 Å². The van der Waals surface area contributed by atoms with Crippen LogP contribution in [0.15, 0.2) is 36.5 Å². The third kappa shape index (κ3) is 2.72. The van der Waals surface area contributed by atoms with Gasteiger partial charge in [-0.2, -0.15) is 0 Å². The van der Waals surface area contributed by atoms with Crippen LogP contribution in [0.3, 0.4) is 0 Å². The fraction of sp³-hybridized carbons (Fsp3) is 0.389. The molecule has 22 heavy (non-hydrogen) atoms. The molecule has 4 heteroatoms. The van der Waals surface area contributed by atoms with E-state index < -0.39 is 0 Å². The Morgan fingerprint density at radius 1 is 1.18 bits per heavy atom. The molecule has 0 spiro atoms. The molecule has 0 atom stereocenters. The first-order valence-corrected chi connectivity index (χ1v) is 8.01. The zero-order chi connectivity index (χ0) is 14.8. The minimum atomic E-state index is 0.850. The Balaban J connectivity index is 1.60. The van der Waals surface area contributed by atoms with Crippen LogP contribution in [0.1, 0.15) is 11.1 Å². The number of benzene rings is 1. The van der Waals surface area contributed by atoms with Crippen LogP contribution in [-0.2, 0) is 17.7 Å². The van der Waals surface area contributed by atoms with E-state index in [0.29, 0.717) is 0 Å². The molecule has 0 aliphatic carbocycles. The van der Waals surface area contributed by atoms with Crippen molar-refractivity contribution in [2.75, 3.05) is 38.2 Å². The van der Waals surface area contributed by atoms with Crippen molar-refractivity contribution >= 4 is 5.82 Å². The first-order valence-electron chi connectivity index (χ1n) is 8.01. The summed E-state index contributed by atoms with van der Waals surface area (Å²) in [5.74, 6) is 1.05. The molecule has 1 fully saturated rings. The maximum Gasteiger partial charge on any atom is 0.129 e. The standard InChI is InChI=1S/C18H21N3O/c1-2-14(13-21-8-10-22-11-9-21)12-15(3-1)16-4-6-19-18-17(16)5-7-20-18/h1-4,6,12H,5,7-11,13H2,(H,19,20). The molecule has 0 amide bonds. The molecule has 1 saturated heterocycles. The summed E-state index contributed by atoms with van der Waals surface area (Å²) in [6.45, 7) is 5.75. The number of pyridine rings is 1. The Morgan fingerprint density at radius 2 is 2.09 bits per heavy atom. The van der Waals surface area contributed by atoms with Gasteiger partial charge in [-0.05, 0) is 35.2 Å². The maximum absolute atomic E-state index is 5.43. The zero-order valence-electron chi connectivity index (χ0n) is 12.7. The van der Waals surface area contributed by atoms with Crippen molar-refractivity contribution in [2.45, 2.75) is 13.0 Å². The fourth-order valence-electron chi connectivity index (χ4n) is 3.33. The molecular formula is C18H21N3O. The van der Waals surface area contributed by atoms with Gasteiger partial charge in [0, 0.05) is 37.9 Å². The van der Waals surface area contributed by atoms with E-state index in [4.69, 9.17) is 4.74 Å². The van der Waals surface area contributed by atoms with Gasteiger partial charge in [0.2, 0.25) is 0 Å². The van der Waals surface area contributed by atoms with Crippen LogP contribution in [0.2, 0.25) is 0 Å². The number of anilines is 1. The molecular weight excluding hydrogens is 274 g/mol. The average Bonchev–Trinajstić information content (AvgIpc) is 3.04. The van der Waals surface area contributed by atoms with Crippen LogP contribution in [0.25, 0.3) is 11.1 Å². The lowest BCUT2D eigenvalue weighted by Crippen LogP contribution is -2.35. The first-order chi connectivity index (χ1) is 10.9. The van der Waals surface area contributed by atoms with E-state index in [1.54, 1.807) is 0 Å². The molecule has 114 valence electrons. The molecule has 3 heterocycles. The van der Waals surface area contributed by atoms with Gasteiger partial charge in [0.1, 0.15) is 5.82 Å². The molecule has 1 N–H and O–H groups in total. The highest BCUT2D eigenvalue weighted by molar-refractivity contribution is 5.73. The van der Waals surface area contributed by atoms with Crippen molar-refractivity contribution in [3.05, 3.63) is 47.7 Å². The van der Waals surface area contributed by atoms with Crippen molar-refractivity contribution in [3.8, 4) is 11.1 Å². The van der Waals surface area contributed by atoms with Crippen molar-refractivity contribution in [2.24, 2.45) is 0 Å². The number of aromatic nitrogens is 1.